The molecule has 0 aliphatic heterocycles. The number of imidazole rings is 1. The summed E-state index contributed by atoms with van der Waals surface area (Å²) in [6, 6.07) is 9.02. The number of hydrogen-bond donors (Lipinski definition) is 1. The number of unbranched alkanes of at least 4 members (excludes halogenated alkanes) is 4. The van der Waals surface area contributed by atoms with Crippen molar-refractivity contribution < 1.29 is 0 Å². The highest BCUT2D eigenvalue weighted by Crippen LogP contribution is 2.17. The monoisotopic (exact) mass is 285 g/mol. The minimum Gasteiger partial charge on any atom is -0.383 e. The van der Waals surface area contributed by atoms with E-state index in [4.69, 9.17) is 0 Å². The molecule has 0 fully saturated rings. The smallest absolute Gasteiger partial charge is 0.0991 e. The van der Waals surface area contributed by atoms with Gasteiger partial charge < -0.3 is 9.88 Å². The number of benzene rings is 1. The fraction of sp³-hybridized carbons (Fsp3) is 0.500. The quantitative estimate of drug-likeness (QED) is 0.655. The van der Waals surface area contributed by atoms with Crippen LogP contribution in [0.3, 0.4) is 0 Å². The van der Waals surface area contributed by atoms with E-state index in [0.29, 0.717) is 6.04 Å². The van der Waals surface area contributed by atoms with Crippen LogP contribution in [0, 0.1) is 0 Å². The number of nitrogens with one attached hydrogen (secondary N) is 1. The van der Waals surface area contributed by atoms with Gasteiger partial charge in [0.15, 0.2) is 0 Å². The van der Waals surface area contributed by atoms with E-state index in [1.807, 2.05) is 17.1 Å². The molecule has 0 spiro atoms. The van der Waals surface area contributed by atoms with E-state index in [9.17, 15) is 0 Å². The van der Waals surface area contributed by atoms with Gasteiger partial charge in [-0.15, -0.1) is 0 Å². The van der Waals surface area contributed by atoms with E-state index < -0.39 is 0 Å². The van der Waals surface area contributed by atoms with Crippen LogP contribution in [0.1, 0.15) is 52.4 Å². The Bertz CT molecular complexity index is 505. The lowest BCUT2D eigenvalue weighted by atomic mass is 10.1. The Labute approximate surface area is 128 Å². The van der Waals surface area contributed by atoms with Crippen molar-refractivity contribution in [3.63, 3.8) is 0 Å². The maximum Gasteiger partial charge on any atom is 0.0991 e. The molecule has 1 unspecified atom stereocenters. The fourth-order valence-electron chi connectivity index (χ4n) is 2.58. The molecule has 1 atom stereocenters. The van der Waals surface area contributed by atoms with E-state index in [-0.39, 0.29) is 0 Å². The van der Waals surface area contributed by atoms with Crippen LogP contribution in [-0.2, 0) is 0 Å². The van der Waals surface area contributed by atoms with Crippen LogP contribution < -0.4 is 5.32 Å². The van der Waals surface area contributed by atoms with Crippen molar-refractivity contribution in [2.75, 3.05) is 5.32 Å². The van der Waals surface area contributed by atoms with Gasteiger partial charge in [-0.2, -0.15) is 0 Å². The van der Waals surface area contributed by atoms with Gasteiger partial charge in [0, 0.05) is 29.8 Å². The van der Waals surface area contributed by atoms with Gasteiger partial charge in [-0.05, 0) is 31.5 Å². The highest BCUT2D eigenvalue weighted by Gasteiger charge is 2.03. The lowest BCUT2D eigenvalue weighted by Crippen LogP contribution is -2.15. The van der Waals surface area contributed by atoms with Crippen molar-refractivity contribution >= 4 is 5.69 Å². The molecule has 1 N–H and O–H groups in total. The van der Waals surface area contributed by atoms with Gasteiger partial charge >= 0.3 is 0 Å². The molecule has 1 aromatic heterocycles. The zero-order chi connectivity index (χ0) is 14.9. The molecule has 3 nitrogen and oxygen atoms in total. The summed E-state index contributed by atoms with van der Waals surface area (Å²) in [7, 11) is 0. The van der Waals surface area contributed by atoms with Crippen LogP contribution in [0.2, 0.25) is 0 Å². The summed E-state index contributed by atoms with van der Waals surface area (Å²) >= 11 is 0. The van der Waals surface area contributed by atoms with E-state index in [0.717, 1.165) is 5.69 Å². The summed E-state index contributed by atoms with van der Waals surface area (Å²) in [5, 5.41) is 3.60. The van der Waals surface area contributed by atoms with Crippen LogP contribution in [0.5, 0.6) is 0 Å². The lowest BCUT2D eigenvalue weighted by molar-refractivity contribution is 0.578. The van der Waals surface area contributed by atoms with Gasteiger partial charge in [0.25, 0.3) is 0 Å². The maximum absolute atomic E-state index is 4.10. The van der Waals surface area contributed by atoms with Crippen LogP contribution >= 0.6 is 0 Å². The fourth-order valence-corrected chi connectivity index (χ4v) is 2.58. The molecule has 0 saturated heterocycles. The van der Waals surface area contributed by atoms with Gasteiger partial charge in [-0.3, -0.25) is 0 Å². The molecule has 0 aliphatic carbocycles. The first-order valence-electron chi connectivity index (χ1n) is 8.14. The second-order valence-electron chi connectivity index (χ2n) is 5.77. The molecule has 1 heterocycles. The Morgan fingerprint density at radius 2 is 2.05 bits per heavy atom. The minimum atomic E-state index is 0.518. The molecular formula is C18H27N3. The van der Waals surface area contributed by atoms with Crippen molar-refractivity contribution in [1.29, 1.82) is 0 Å². The summed E-state index contributed by atoms with van der Waals surface area (Å²) in [5.74, 6) is 0. The number of rotatable bonds is 9. The number of aromatic nitrogens is 2. The second-order valence-corrected chi connectivity index (χ2v) is 5.77. The molecule has 0 saturated carbocycles. The van der Waals surface area contributed by atoms with Gasteiger partial charge in [0.1, 0.15) is 0 Å². The molecule has 2 aromatic rings. The van der Waals surface area contributed by atoms with Crippen molar-refractivity contribution in [2.45, 2.75) is 58.4 Å². The third-order valence-corrected chi connectivity index (χ3v) is 3.80. The predicted octanol–water partition coefficient (Wildman–Crippen LogP) is 5.03. The third kappa shape index (κ3) is 5.25. The molecule has 0 amide bonds. The standard InChI is InChI=1S/C18H27N3/c1-3-4-5-6-7-9-16(2)20-17-10-8-11-18(14-17)21-13-12-19-15-21/h8,10-16,20H,3-7,9H2,1-2H3. The predicted molar refractivity (Wildman–Crippen MR) is 90.0 cm³/mol. The topological polar surface area (TPSA) is 29.9 Å². The molecular weight excluding hydrogens is 258 g/mol. The van der Waals surface area contributed by atoms with E-state index in [1.54, 1.807) is 6.20 Å². The summed E-state index contributed by atoms with van der Waals surface area (Å²) in [5.41, 5.74) is 2.33. The first-order chi connectivity index (χ1) is 10.3. The number of anilines is 1. The molecule has 0 aliphatic rings. The van der Waals surface area contributed by atoms with Crippen molar-refractivity contribution in [1.82, 2.24) is 9.55 Å². The Morgan fingerprint density at radius 1 is 1.19 bits per heavy atom. The summed E-state index contributed by atoms with van der Waals surface area (Å²) in [6.45, 7) is 4.53. The summed E-state index contributed by atoms with van der Waals surface area (Å²) in [6.07, 6.45) is 13.6. The highest BCUT2D eigenvalue weighted by atomic mass is 15.0. The van der Waals surface area contributed by atoms with Crippen molar-refractivity contribution in [3.8, 4) is 5.69 Å². The Kier molecular flexibility index (Phi) is 6.32. The Morgan fingerprint density at radius 3 is 2.81 bits per heavy atom. The van der Waals surface area contributed by atoms with Crippen LogP contribution in [0.15, 0.2) is 43.0 Å². The van der Waals surface area contributed by atoms with Crippen LogP contribution in [0.25, 0.3) is 5.69 Å². The van der Waals surface area contributed by atoms with Gasteiger partial charge in [-0.25, -0.2) is 4.98 Å². The maximum atomic E-state index is 4.10. The zero-order valence-corrected chi connectivity index (χ0v) is 13.3. The third-order valence-electron chi connectivity index (χ3n) is 3.80. The molecule has 1 aromatic carbocycles. The van der Waals surface area contributed by atoms with Gasteiger partial charge in [0.2, 0.25) is 0 Å². The second kappa shape index (κ2) is 8.50. The van der Waals surface area contributed by atoms with Crippen molar-refractivity contribution in [2.24, 2.45) is 0 Å². The van der Waals surface area contributed by atoms with Crippen molar-refractivity contribution in [3.05, 3.63) is 43.0 Å². The van der Waals surface area contributed by atoms with Crippen LogP contribution in [0.4, 0.5) is 5.69 Å². The summed E-state index contributed by atoms with van der Waals surface area (Å²) in [4.78, 5) is 4.10. The number of nitrogens with zero attached hydrogens (tertiary/aromatic N) is 2. The van der Waals surface area contributed by atoms with E-state index in [2.05, 4.69) is 48.4 Å². The average Bonchev–Trinajstić information content (AvgIpc) is 3.01. The largest absolute Gasteiger partial charge is 0.383 e. The normalized spacial score (nSPS) is 12.3. The molecule has 3 heteroatoms. The van der Waals surface area contributed by atoms with E-state index >= 15 is 0 Å². The molecule has 114 valence electrons. The lowest BCUT2D eigenvalue weighted by Gasteiger charge is -2.16. The summed E-state index contributed by atoms with van der Waals surface area (Å²) < 4.78 is 2.03. The first-order valence-corrected chi connectivity index (χ1v) is 8.14. The highest BCUT2D eigenvalue weighted by molar-refractivity contribution is 5.51. The average molecular weight is 285 g/mol. The van der Waals surface area contributed by atoms with Gasteiger partial charge in [0.05, 0.1) is 6.33 Å². The minimum absolute atomic E-state index is 0.518. The molecule has 0 radical (unpaired) electrons. The molecule has 0 bridgehead atoms. The number of hydrogen-bond acceptors (Lipinski definition) is 2. The van der Waals surface area contributed by atoms with E-state index in [1.165, 1.54) is 44.2 Å². The Hall–Kier alpha value is -1.77. The Balaban J connectivity index is 1.81. The van der Waals surface area contributed by atoms with Gasteiger partial charge in [-0.1, -0.05) is 45.1 Å². The SMILES string of the molecule is CCCCCCCC(C)Nc1cccc(-n2ccnc2)c1. The van der Waals surface area contributed by atoms with Crippen LogP contribution in [-0.4, -0.2) is 15.6 Å². The first kappa shape index (κ1) is 15.6. The molecule has 21 heavy (non-hydrogen) atoms. The molecule has 2 rings (SSSR count). The zero-order valence-electron chi connectivity index (χ0n) is 13.3.